The van der Waals surface area contributed by atoms with Crippen LogP contribution in [0.1, 0.15) is 41.0 Å². The predicted molar refractivity (Wildman–Crippen MR) is 88.6 cm³/mol. The molecule has 1 aromatic rings. The fourth-order valence-corrected chi connectivity index (χ4v) is 1.25. The molecule has 0 spiro atoms. The molecule has 0 atom stereocenters. The van der Waals surface area contributed by atoms with Crippen LogP contribution in [0.5, 0.6) is 5.75 Å². The molecule has 0 aliphatic rings. The van der Waals surface area contributed by atoms with E-state index in [9.17, 15) is 0 Å². The smallest absolute Gasteiger partial charge is 0.119 e. The Morgan fingerprint density at radius 1 is 1.19 bits per heavy atom. The second-order valence-corrected chi connectivity index (χ2v) is 6.04. The van der Waals surface area contributed by atoms with Gasteiger partial charge in [0.25, 0.3) is 0 Å². The molecule has 0 aliphatic carbocycles. The minimum Gasteiger partial charge on any atom is -0.493 e. The Labute approximate surface area is 129 Å². The first kappa shape index (κ1) is 19.7. The maximum Gasteiger partial charge on any atom is 0.119 e. The van der Waals surface area contributed by atoms with Crippen LogP contribution in [0.2, 0.25) is 0 Å². The lowest BCUT2D eigenvalue weighted by molar-refractivity contribution is -0.0531. The largest absolute Gasteiger partial charge is 0.493 e. The lowest BCUT2D eigenvalue weighted by Gasteiger charge is -2.21. The average molecular weight is 297 g/mol. The van der Waals surface area contributed by atoms with Crippen molar-refractivity contribution in [1.82, 2.24) is 0 Å². The zero-order valence-corrected chi connectivity index (χ0v) is 14.1. The van der Waals surface area contributed by atoms with Crippen molar-refractivity contribution >= 4 is 5.69 Å². The Morgan fingerprint density at radius 2 is 1.76 bits per heavy atom. The quantitative estimate of drug-likeness (QED) is 0.756. The summed E-state index contributed by atoms with van der Waals surface area (Å²) in [7, 11) is 0. The van der Waals surface area contributed by atoms with Gasteiger partial charge in [0, 0.05) is 12.3 Å². The maximum atomic E-state index is 8.70. The highest BCUT2D eigenvalue weighted by atomic mass is 16.5. The van der Waals surface area contributed by atoms with Crippen LogP contribution in [0, 0.1) is 5.92 Å². The zero-order chi connectivity index (χ0) is 16.3. The number of nitrogens with two attached hydrogens (primary N) is 1. The lowest BCUT2D eigenvalue weighted by Crippen LogP contribution is -2.29. The minimum absolute atomic E-state index is 0.0903. The second kappa shape index (κ2) is 10.5. The van der Waals surface area contributed by atoms with E-state index in [-0.39, 0.29) is 12.2 Å². The highest BCUT2D eigenvalue weighted by Crippen LogP contribution is 2.13. The van der Waals surface area contributed by atoms with Gasteiger partial charge in [0.1, 0.15) is 5.75 Å². The third kappa shape index (κ3) is 11.1. The van der Waals surface area contributed by atoms with E-state index in [1.165, 1.54) is 0 Å². The Balaban J connectivity index is 0.000000400. The molecule has 3 N–H and O–H groups in total. The molecule has 0 amide bonds. The van der Waals surface area contributed by atoms with Crippen LogP contribution >= 0.6 is 0 Å². The average Bonchev–Trinajstić information content (AvgIpc) is 2.45. The first-order valence-corrected chi connectivity index (χ1v) is 7.54. The molecule has 0 bridgehead atoms. The Morgan fingerprint density at radius 3 is 2.19 bits per heavy atom. The van der Waals surface area contributed by atoms with E-state index in [0.29, 0.717) is 5.92 Å². The summed E-state index contributed by atoms with van der Waals surface area (Å²) in [6.45, 7) is 11.6. The Kier molecular flexibility index (Phi) is 9.84. The number of anilines is 1. The van der Waals surface area contributed by atoms with Crippen molar-refractivity contribution in [3.63, 3.8) is 0 Å². The number of hydrogen-bond donors (Lipinski definition) is 2. The first-order valence-electron chi connectivity index (χ1n) is 7.54. The number of hydrogen-bond acceptors (Lipinski definition) is 4. The first-order chi connectivity index (χ1) is 9.80. The molecule has 0 saturated heterocycles. The highest BCUT2D eigenvalue weighted by Gasteiger charge is 2.15. The number of rotatable bonds is 7. The van der Waals surface area contributed by atoms with Crippen molar-refractivity contribution in [2.24, 2.45) is 5.92 Å². The van der Waals surface area contributed by atoms with Gasteiger partial charge in [0.05, 0.1) is 18.8 Å². The van der Waals surface area contributed by atoms with Gasteiger partial charge in [-0.1, -0.05) is 20.8 Å². The molecule has 0 heterocycles. The zero-order valence-electron chi connectivity index (χ0n) is 14.1. The molecule has 4 nitrogen and oxygen atoms in total. The van der Waals surface area contributed by atoms with E-state index in [2.05, 4.69) is 13.8 Å². The van der Waals surface area contributed by atoms with Gasteiger partial charge in [-0.25, -0.2) is 0 Å². The van der Waals surface area contributed by atoms with Gasteiger partial charge in [-0.15, -0.1) is 0 Å². The van der Waals surface area contributed by atoms with E-state index in [0.717, 1.165) is 31.1 Å². The summed E-state index contributed by atoms with van der Waals surface area (Å²) >= 11 is 0. The fourth-order valence-electron chi connectivity index (χ4n) is 1.25. The summed E-state index contributed by atoms with van der Waals surface area (Å²) in [5.74, 6) is 1.44. The fraction of sp³-hybridized carbons (Fsp3) is 0.647. The number of ether oxygens (including phenoxy) is 2. The summed E-state index contributed by atoms with van der Waals surface area (Å²) in [5, 5.41) is 8.70. The van der Waals surface area contributed by atoms with Crippen LogP contribution in [-0.2, 0) is 4.74 Å². The van der Waals surface area contributed by atoms with E-state index in [4.69, 9.17) is 20.3 Å². The predicted octanol–water partition coefficient (Wildman–Crippen LogP) is 3.49. The summed E-state index contributed by atoms with van der Waals surface area (Å²) in [6.07, 6.45) is 1.00. The van der Waals surface area contributed by atoms with E-state index < -0.39 is 0 Å². The third-order valence-corrected chi connectivity index (χ3v) is 2.54. The number of aliphatic hydroxyl groups excluding tert-OH is 1. The van der Waals surface area contributed by atoms with Crippen molar-refractivity contribution in [1.29, 1.82) is 0 Å². The SMILES string of the molecule is CC(C)COc1ccc(N)cc1.CCCOC(C)(C)CO. The van der Waals surface area contributed by atoms with Gasteiger partial charge < -0.3 is 20.3 Å². The molecule has 122 valence electrons. The molecule has 1 aromatic carbocycles. The van der Waals surface area contributed by atoms with E-state index in [1.807, 2.05) is 45.0 Å². The molecule has 0 aliphatic heterocycles. The molecule has 0 fully saturated rings. The standard InChI is InChI=1S/C10H15NO.C7H16O2/c1-8(2)7-12-10-5-3-9(11)4-6-10;1-4-5-9-7(2,3)6-8/h3-6,8H,7,11H2,1-2H3;8H,4-6H2,1-3H3. The molecule has 0 aromatic heterocycles. The molecule has 0 radical (unpaired) electrons. The molecule has 1 rings (SSSR count). The topological polar surface area (TPSA) is 64.7 Å². The van der Waals surface area contributed by atoms with Gasteiger partial charge in [0.2, 0.25) is 0 Å². The number of aliphatic hydroxyl groups is 1. The van der Waals surface area contributed by atoms with Crippen LogP contribution in [0.4, 0.5) is 5.69 Å². The van der Waals surface area contributed by atoms with Gasteiger partial charge in [-0.3, -0.25) is 0 Å². The summed E-state index contributed by atoms with van der Waals surface area (Å²) in [4.78, 5) is 0. The molecular weight excluding hydrogens is 266 g/mol. The van der Waals surface area contributed by atoms with Crippen molar-refractivity contribution in [3.05, 3.63) is 24.3 Å². The minimum atomic E-state index is -0.351. The Bertz CT molecular complexity index is 361. The maximum absolute atomic E-state index is 8.70. The van der Waals surface area contributed by atoms with Crippen LogP contribution < -0.4 is 10.5 Å². The van der Waals surface area contributed by atoms with Crippen molar-refractivity contribution in [2.75, 3.05) is 25.6 Å². The third-order valence-electron chi connectivity index (χ3n) is 2.54. The van der Waals surface area contributed by atoms with Crippen LogP contribution in [-0.4, -0.2) is 30.5 Å². The monoisotopic (exact) mass is 297 g/mol. The Hall–Kier alpha value is -1.26. The van der Waals surface area contributed by atoms with E-state index >= 15 is 0 Å². The van der Waals surface area contributed by atoms with Crippen molar-refractivity contribution in [2.45, 2.75) is 46.6 Å². The molecule has 21 heavy (non-hydrogen) atoms. The summed E-state index contributed by atoms with van der Waals surface area (Å²) in [6, 6.07) is 7.46. The van der Waals surface area contributed by atoms with Gasteiger partial charge >= 0.3 is 0 Å². The van der Waals surface area contributed by atoms with Crippen molar-refractivity contribution in [3.8, 4) is 5.75 Å². The summed E-state index contributed by atoms with van der Waals surface area (Å²) in [5.41, 5.74) is 5.95. The number of benzene rings is 1. The van der Waals surface area contributed by atoms with Gasteiger partial charge in [0.15, 0.2) is 0 Å². The highest BCUT2D eigenvalue weighted by molar-refractivity contribution is 5.41. The van der Waals surface area contributed by atoms with E-state index in [1.54, 1.807) is 0 Å². The second-order valence-electron chi connectivity index (χ2n) is 6.04. The van der Waals surface area contributed by atoms with Crippen LogP contribution in [0.3, 0.4) is 0 Å². The molecule has 0 saturated carbocycles. The van der Waals surface area contributed by atoms with Crippen LogP contribution in [0.15, 0.2) is 24.3 Å². The number of nitrogen functional groups attached to an aromatic ring is 1. The normalized spacial score (nSPS) is 11.0. The molecule has 0 unspecified atom stereocenters. The van der Waals surface area contributed by atoms with Gasteiger partial charge in [-0.2, -0.15) is 0 Å². The molecular formula is C17H31NO3. The van der Waals surface area contributed by atoms with Crippen molar-refractivity contribution < 1.29 is 14.6 Å². The van der Waals surface area contributed by atoms with Crippen LogP contribution in [0.25, 0.3) is 0 Å². The summed E-state index contributed by atoms with van der Waals surface area (Å²) < 4.78 is 10.7. The molecule has 4 heteroatoms. The van der Waals surface area contributed by atoms with Gasteiger partial charge in [-0.05, 0) is 50.5 Å². The lowest BCUT2D eigenvalue weighted by atomic mass is 10.1.